The maximum Gasteiger partial charge on any atom is 0.0596 e. The zero-order valence-electron chi connectivity index (χ0n) is 29.0. The molecule has 0 aromatic carbocycles. The van der Waals surface area contributed by atoms with E-state index in [0.29, 0.717) is 22.7 Å². The van der Waals surface area contributed by atoms with Crippen LogP contribution in [-0.2, 0) is 0 Å². The molecule has 0 saturated heterocycles. The Balaban J connectivity index is 0.970. The SMILES string of the molecule is C[C@@H]1C[C@@]2(C)[C@H](CC[C@H]3[C@H]4CC[C@H](O)[C@@]4(C)CC[C@@H]32)C/C1=N\N=C1C[C@@H]2CC[C@H]3[C@H](CC[C@]4(C)[C@@H](O)CC[C@@H]34)[C@@]2(C)C[C@@H]1C. The van der Waals surface area contributed by atoms with Crippen LogP contribution < -0.4 is 0 Å². The first-order valence-corrected chi connectivity index (χ1v) is 19.4. The molecule has 44 heavy (non-hydrogen) atoms. The fraction of sp³-hybridized carbons (Fsp3) is 0.950. The summed E-state index contributed by atoms with van der Waals surface area (Å²) in [6.07, 6.45) is 19.8. The third-order valence-electron chi connectivity index (χ3n) is 17.9. The first kappa shape index (κ1) is 30.6. The number of aliphatic hydroxyl groups is 2. The van der Waals surface area contributed by atoms with Crippen molar-refractivity contribution < 1.29 is 10.2 Å². The summed E-state index contributed by atoms with van der Waals surface area (Å²) in [5, 5.41) is 32.1. The van der Waals surface area contributed by atoms with Gasteiger partial charge >= 0.3 is 0 Å². The summed E-state index contributed by atoms with van der Waals surface area (Å²) < 4.78 is 0. The van der Waals surface area contributed by atoms with Crippen molar-refractivity contribution in [2.75, 3.05) is 0 Å². The van der Waals surface area contributed by atoms with E-state index in [9.17, 15) is 10.2 Å². The molecule has 0 heterocycles. The molecule has 0 aromatic rings. The van der Waals surface area contributed by atoms with Gasteiger partial charge in [-0.1, -0.05) is 41.5 Å². The molecule has 2 N–H and O–H groups in total. The lowest BCUT2D eigenvalue weighted by atomic mass is 9.44. The van der Waals surface area contributed by atoms with Crippen molar-refractivity contribution in [3.05, 3.63) is 0 Å². The van der Waals surface area contributed by atoms with E-state index in [0.717, 1.165) is 73.0 Å². The highest BCUT2D eigenvalue weighted by Crippen LogP contribution is 2.68. The van der Waals surface area contributed by atoms with E-state index in [4.69, 9.17) is 10.2 Å². The Kier molecular flexibility index (Phi) is 7.21. The summed E-state index contributed by atoms with van der Waals surface area (Å²) in [6.45, 7) is 15.1. The Bertz CT molecular complexity index is 1120. The minimum Gasteiger partial charge on any atom is -0.393 e. The zero-order valence-corrected chi connectivity index (χ0v) is 29.0. The molecule has 0 spiro atoms. The van der Waals surface area contributed by atoms with Crippen molar-refractivity contribution in [2.45, 2.75) is 156 Å². The lowest BCUT2D eigenvalue weighted by Gasteiger charge is -2.61. The highest BCUT2D eigenvalue weighted by Gasteiger charge is 2.62. The molecule has 0 bridgehead atoms. The average molecular weight is 605 g/mol. The summed E-state index contributed by atoms with van der Waals surface area (Å²) in [7, 11) is 0. The molecule has 246 valence electrons. The van der Waals surface area contributed by atoms with Crippen LogP contribution in [0, 0.1) is 80.8 Å². The number of fused-ring (bicyclic) bond motifs is 10. The third kappa shape index (κ3) is 4.20. The molecule has 8 fully saturated rings. The van der Waals surface area contributed by atoms with Gasteiger partial charge in [0.05, 0.1) is 12.2 Å². The highest BCUT2D eigenvalue weighted by atomic mass is 16.3. The third-order valence-corrected chi connectivity index (χ3v) is 17.9. The zero-order chi connectivity index (χ0) is 30.8. The Morgan fingerprint density at radius 1 is 0.500 bits per heavy atom. The van der Waals surface area contributed by atoms with E-state index in [1.807, 2.05) is 0 Å². The maximum absolute atomic E-state index is 10.9. The molecule has 0 aliphatic heterocycles. The van der Waals surface area contributed by atoms with Gasteiger partial charge in [0.15, 0.2) is 0 Å². The molecule has 8 aliphatic carbocycles. The molecular weight excluding hydrogens is 540 g/mol. The summed E-state index contributed by atoms with van der Waals surface area (Å²) >= 11 is 0. The van der Waals surface area contributed by atoms with Crippen LogP contribution in [0.5, 0.6) is 0 Å². The lowest BCUT2D eigenvalue weighted by molar-refractivity contribution is -0.116. The molecule has 8 saturated carbocycles. The van der Waals surface area contributed by atoms with Crippen LogP contribution in [0.4, 0.5) is 0 Å². The van der Waals surface area contributed by atoms with Crippen LogP contribution >= 0.6 is 0 Å². The molecular formula is C40H64N2O2. The highest BCUT2D eigenvalue weighted by molar-refractivity contribution is 5.91. The normalized spacial score (nSPS) is 60.2. The van der Waals surface area contributed by atoms with Crippen LogP contribution in [0.3, 0.4) is 0 Å². The van der Waals surface area contributed by atoms with Gasteiger partial charge < -0.3 is 10.2 Å². The fourth-order valence-corrected chi connectivity index (χ4v) is 15.2. The predicted molar refractivity (Wildman–Crippen MR) is 179 cm³/mol. The van der Waals surface area contributed by atoms with Gasteiger partial charge in [-0.15, -0.1) is 0 Å². The number of rotatable bonds is 1. The molecule has 0 radical (unpaired) electrons. The maximum atomic E-state index is 10.9. The van der Waals surface area contributed by atoms with Gasteiger partial charge in [0.1, 0.15) is 0 Å². The van der Waals surface area contributed by atoms with Crippen LogP contribution in [0.2, 0.25) is 0 Å². The molecule has 0 aromatic heterocycles. The summed E-state index contributed by atoms with van der Waals surface area (Å²) in [5.74, 6) is 7.34. The second kappa shape index (κ2) is 10.4. The number of hydrogen-bond acceptors (Lipinski definition) is 4. The second-order valence-corrected chi connectivity index (χ2v) is 19.4. The minimum absolute atomic E-state index is 0.0722. The van der Waals surface area contributed by atoms with Crippen LogP contribution in [0.15, 0.2) is 10.2 Å². The summed E-state index contributed by atoms with van der Waals surface area (Å²) in [5.41, 5.74) is 3.99. The van der Waals surface area contributed by atoms with Gasteiger partial charge in [0.2, 0.25) is 0 Å². The summed E-state index contributed by atoms with van der Waals surface area (Å²) in [6, 6.07) is 0. The van der Waals surface area contributed by atoms with Crippen molar-refractivity contribution >= 4 is 11.4 Å². The smallest absolute Gasteiger partial charge is 0.0596 e. The van der Waals surface area contributed by atoms with Gasteiger partial charge in [-0.25, -0.2) is 0 Å². The Morgan fingerprint density at radius 3 is 1.30 bits per heavy atom. The van der Waals surface area contributed by atoms with E-state index in [2.05, 4.69) is 41.5 Å². The van der Waals surface area contributed by atoms with E-state index < -0.39 is 0 Å². The molecule has 0 unspecified atom stereocenters. The van der Waals surface area contributed by atoms with Gasteiger partial charge in [-0.3, -0.25) is 0 Å². The quantitative estimate of drug-likeness (QED) is 0.293. The molecule has 8 rings (SSSR count). The Labute approximate surface area is 268 Å². The van der Waals surface area contributed by atoms with E-state index in [1.54, 1.807) is 0 Å². The number of hydrogen-bond donors (Lipinski definition) is 2. The van der Waals surface area contributed by atoms with Crippen LogP contribution in [0.25, 0.3) is 0 Å². The predicted octanol–water partition coefficient (Wildman–Crippen LogP) is 9.08. The van der Waals surface area contributed by atoms with E-state index >= 15 is 0 Å². The topological polar surface area (TPSA) is 65.2 Å². The summed E-state index contributed by atoms with van der Waals surface area (Å²) in [4.78, 5) is 0. The van der Waals surface area contributed by atoms with Crippen LogP contribution in [0.1, 0.15) is 144 Å². The Hall–Kier alpha value is -0.740. The van der Waals surface area contributed by atoms with Crippen molar-refractivity contribution in [1.29, 1.82) is 0 Å². The second-order valence-electron chi connectivity index (χ2n) is 19.4. The van der Waals surface area contributed by atoms with Crippen molar-refractivity contribution in [1.82, 2.24) is 0 Å². The molecule has 4 heteroatoms. The van der Waals surface area contributed by atoms with E-state index in [1.165, 1.54) is 88.5 Å². The van der Waals surface area contributed by atoms with Gasteiger partial charge in [0, 0.05) is 11.4 Å². The molecule has 4 nitrogen and oxygen atoms in total. The first-order chi connectivity index (χ1) is 20.9. The largest absolute Gasteiger partial charge is 0.393 e. The Morgan fingerprint density at radius 2 is 0.886 bits per heavy atom. The van der Waals surface area contributed by atoms with Crippen molar-refractivity contribution in [2.24, 2.45) is 91.0 Å². The fourth-order valence-electron chi connectivity index (χ4n) is 15.2. The van der Waals surface area contributed by atoms with Crippen molar-refractivity contribution in [3.8, 4) is 0 Å². The van der Waals surface area contributed by atoms with Crippen LogP contribution in [-0.4, -0.2) is 33.8 Å². The monoisotopic (exact) mass is 604 g/mol. The van der Waals surface area contributed by atoms with E-state index in [-0.39, 0.29) is 23.0 Å². The van der Waals surface area contributed by atoms with Gasteiger partial charge in [0.25, 0.3) is 0 Å². The van der Waals surface area contributed by atoms with Crippen molar-refractivity contribution in [3.63, 3.8) is 0 Å². The van der Waals surface area contributed by atoms with Gasteiger partial charge in [-0.05, 0) is 184 Å². The molecule has 16 atom stereocenters. The molecule has 8 aliphatic rings. The van der Waals surface area contributed by atoms with Gasteiger partial charge in [-0.2, -0.15) is 10.2 Å². The lowest BCUT2D eigenvalue weighted by Crippen LogP contribution is -2.55. The number of nitrogens with zero attached hydrogens (tertiary/aromatic N) is 2. The molecule has 0 amide bonds. The minimum atomic E-state index is -0.0722. The average Bonchev–Trinajstić information content (AvgIpc) is 3.46. The number of aliphatic hydroxyl groups excluding tert-OH is 2. The first-order valence-electron chi connectivity index (χ1n) is 19.4. The standard InChI is InChI=1S/C40H64N2O2/c1-23-21-39(5)25(7-9-27-29-11-13-35(43)37(29,3)17-15-31(27)39)19-33(23)41-42-34-20-26-8-10-28-30-12-14-36(44)38(30,4)18-16-32(28)40(26,6)22-24(34)2/h23-32,35-36,43-44H,7-22H2,1-6H3/b41-33+,42-34?/t23-,24+,25-,26+,27+,28-,29-,30+,31+,32+,35+,36+,37+,38+,39+,40+/m1/s1.